The Bertz CT molecular complexity index is 1200. The molecule has 1 fully saturated rings. The Labute approximate surface area is 197 Å². The molecule has 0 N–H and O–H groups in total. The van der Waals surface area contributed by atoms with E-state index in [2.05, 4.69) is 42.3 Å². The van der Waals surface area contributed by atoms with Gasteiger partial charge in [0.25, 0.3) is 0 Å². The second-order valence-electron chi connectivity index (χ2n) is 7.70. The summed E-state index contributed by atoms with van der Waals surface area (Å²) in [5, 5.41) is 3.61. The van der Waals surface area contributed by atoms with E-state index < -0.39 is 10.0 Å². The molecule has 0 spiro atoms. The first-order chi connectivity index (χ1) is 14.7. The molecule has 0 atom stereocenters. The van der Waals surface area contributed by atoms with Crippen molar-refractivity contribution in [3.05, 3.63) is 74.2 Å². The normalized spacial score (nSPS) is 15.4. The molecule has 1 saturated heterocycles. The molecule has 2 heterocycles. The molecular formula is C22H23Cl2N3O2S2. The van der Waals surface area contributed by atoms with Crippen molar-refractivity contribution in [2.45, 2.75) is 25.2 Å². The Hall–Kier alpha value is -1.64. The van der Waals surface area contributed by atoms with E-state index in [0.29, 0.717) is 31.2 Å². The third-order valence-electron chi connectivity index (χ3n) is 5.45. The van der Waals surface area contributed by atoms with Crippen LogP contribution in [0, 0.1) is 13.8 Å². The van der Waals surface area contributed by atoms with E-state index in [1.54, 1.807) is 11.3 Å². The number of benzene rings is 2. The minimum absolute atomic E-state index is 0.167. The van der Waals surface area contributed by atoms with Gasteiger partial charge in [0.2, 0.25) is 10.0 Å². The number of sulfonamides is 1. The minimum Gasteiger partial charge on any atom is -0.345 e. The minimum atomic E-state index is -3.60. The van der Waals surface area contributed by atoms with Crippen LogP contribution in [0.3, 0.4) is 0 Å². The summed E-state index contributed by atoms with van der Waals surface area (Å²) in [6, 6.07) is 10.9. The van der Waals surface area contributed by atoms with E-state index in [1.165, 1.54) is 39.2 Å². The van der Waals surface area contributed by atoms with Crippen LogP contribution in [0.1, 0.15) is 22.4 Å². The van der Waals surface area contributed by atoms with E-state index in [1.807, 2.05) is 0 Å². The molecular weight excluding hydrogens is 473 g/mol. The fourth-order valence-electron chi connectivity index (χ4n) is 3.61. The van der Waals surface area contributed by atoms with Crippen LogP contribution < -0.4 is 4.90 Å². The summed E-state index contributed by atoms with van der Waals surface area (Å²) in [6.45, 7) is 6.20. The van der Waals surface area contributed by atoms with Crippen molar-refractivity contribution >= 4 is 49.7 Å². The molecule has 31 heavy (non-hydrogen) atoms. The van der Waals surface area contributed by atoms with E-state index in [4.69, 9.17) is 28.2 Å². The van der Waals surface area contributed by atoms with Gasteiger partial charge < -0.3 is 4.90 Å². The van der Waals surface area contributed by atoms with Gasteiger partial charge in [0, 0.05) is 38.0 Å². The standard InChI is InChI=1S/C22H23Cl2N3O2S2/c1-15-3-4-16(2)17(11-15)12-18-14-30-22(25-18)26-7-9-27(10-8-26)31(28,29)19-5-6-20(23)21(24)13-19/h3-6,11,13-14H,7-10,12H2,1-2H3. The number of thiazole rings is 1. The molecule has 0 radical (unpaired) electrons. The van der Waals surface area contributed by atoms with Crippen LogP contribution in [-0.4, -0.2) is 43.9 Å². The second-order valence-corrected chi connectivity index (χ2v) is 11.3. The van der Waals surface area contributed by atoms with Gasteiger partial charge in [0.1, 0.15) is 0 Å². The van der Waals surface area contributed by atoms with Gasteiger partial charge in [0.15, 0.2) is 5.13 Å². The van der Waals surface area contributed by atoms with Crippen molar-refractivity contribution in [2.75, 3.05) is 31.1 Å². The summed E-state index contributed by atoms with van der Waals surface area (Å²) in [4.78, 5) is 7.13. The van der Waals surface area contributed by atoms with Crippen molar-refractivity contribution in [1.82, 2.24) is 9.29 Å². The Morgan fingerprint density at radius 2 is 1.74 bits per heavy atom. The number of halogens is 2. The van der Waals surface area contributed by atoms with Crippen molar-refractivity contribution in [2.24, 2.45) is 0 Å². The van der Waals surface area contributed by atoms with E-state index in [0.717, 1.165) is 17.2 Å². The maximum absolute atomic E-state index is 13.0. The first-order valence-corrected chi connectivity index (χ1v) is 13.0. The highest BCUT2D eigenvalue weighted by Crippen LogP contribution is 2.29. The summed E-state index contributed by atoms with van der Waals surface area (Å²) < 4.78 is 27.4. The zero-order valence-corrected chi connectivity index (χ0v) is 20.5. The fourth-order valence-corrected chi connectivity index (χ4v) is 6.31. The first kappa shape index (κ1) is 22.6. The average Bonchev–Trinajstić information content (AvgIpc) is 3.21. The van der Waals surface area contributed by atoms with Crippen molar-refractivity contribution in [3.8, 4) is 0 Å². The van der Waals surface area contributed by atoms with E-state index in [-0.39, 0.29) is 9.92 Å². The zero-order chi connectivity index (χ0) is 22.2. The lowest BCUT2D eigenvalue weighted by Crippen LogP contribution is -2.48. The quantitative estimate of drug-likeness (QED) is 0.489. The lowest BCUT2D eigenvalue weighted by Gasteiger charge is -2.33. The molecule has 0 amide bonds. The Morgan fingerprint density at radius 1 is 1.00 bits per heavy atom. The molecule has 164 valence electrons. The molecule has 1 aromatic heterocycles. The van der Waals surface area contributed by atoms with Crippen molar-refractivity contribution < 1.29 is 8.42 Å². The highest BCUT2D eigenvalue weighted by molar-refractivity contribution is 7.89. The third kappa shape index (κ3) is 4.91. The smallest absolute Gasteiger partial charge is 0.243 e. The van der Waals surface area contributed by atoms with Gasteiger partial charge in [-0.05, 0) is 43.2 Å². The van der Waals surface area contributed by atoms with Crippen LogP contribution >= 0.6 is 34.5 Å². The lowest BCUT2D eigenvalue weighted by molar-refractivity contribution is 0.384. The number of aryl methyl sites for hydroxylation is 2. The molecule has 0 bridgehead atoms. The van der Waals surface area contributed by atoms with Gasteiger partial charge >= 0.3 is 0 Å². The third-order valence-corrected chi connectivity index (χ3v) is 9.04. The zero-order valence-electron chi connectivity index (χ0n) is 17.3. The molecule has 1 aliphatic rings. The summed E-state index contributed by atoms with van der Waals surface area (Å²) in [5.41, 5.74) is 4.84. The maximum atomic E-state index is 13.0. The predicted molar refractivity (Wildman–Crippen MR) is 128 cm³/mol. The molecule has 0 aliphatic carbocycles. The first-order valence-electron chi connectivity index (χ1n) is 9.95. The topological polar surface area (TPSA) is 53.5 Å². The molecule has 5 nitrogen and oxygen atoms in total. The average molecular weight is 496 g/mol. The van der Waals surface area contributed by atoms with Gasteiger partial charge in [-0.1, -0.05) is 47.0 Å². The monoisotopic (exact) mass is 495 g/mol. The highest BCUT2D eigenvalue weighted by Gasteiger charge is 2.29. The van der Waals surface area contributed by atoms with Gasteiger partial charge in [-0.2, -0.15) is 4.31 Å². The largest absolute Gasteiger partial charge is 0.345 e. The number of rotatable bonds is 5. The van der Waals surface area contributed by atoms with Gasteiger partial charge in [-0.25, -0.2) is 13.4 Å². The van der Waals surface area contributed by atoms with Crippen LogP contribution in [-0.2, 0) is 16.4 Å². The number of hydrogen-bond acceptors (Lipinski definition) is 5. The summed E-state index contributed by atoms with van der Waals surface area (Å²) in [6.07, 6.45) is 0.801. The molecule has 1 aliphatic heterocycles. The fraction of sp³-hybridized carbons (Fsp3) is 0.318. The second kappa shape index (κ2) is 9.08. The molecule has 4 rings (SSSR count). The summed E-state index contributed by atoms with van der Waals surface area (Å²) in [7, 11) is -3.60. The molecule has 9 heteroatoms. The van der Waals surface area contributed by atoms with Crippen LogP contribution in [0.25, 0.3) is 0 Å². The predicted octanol–water partition coefficient (Wildman–Crippen LogP) is 5.17. The Kier molecular flexibility index (Phi) is 6.60. The SMILES string of the molecule is Cc1ccc(C)c(Cc2csc(N3CCN(S(=O)(=O)c4ccc(Cl)c(Cl)c4)CC3)n2)c1. The van der Waals surface area contributed by atoms with Gasteiger partial charge in [0.05, 0.1) is 20.6 Å². The van der Waals surface area contributed by atoms with E-state index >= 15 is 0 Å². The van der Waals surface area contributed by atoms with Gasteiger partial charge in [-0.15, -0.1) is 11.3 Å². The van der Waals surface area contributed by atoms with Crippen LogP contribution in [0.4, 0.5) is 5.13 Å². The molecule has 3 aromatic rings. The van der Waals surface area contributed by atoms with Gasteiger partial charge in [-0.3, -0.25) is 0 Å². The van der Waals surface area contributed by atoms with E-state index in [9.17, 15) is 8.42 Å². The van der Waals surface area contributed by atoms with Crippen LogP contribution in [0.5, 0.6) is 0 Å². The lowest BCUT2D eigenvalue weighted by atomic mass is 10.0. The van der Waals surface area contributed by atoms with Crippen LogP contribution in [0.15, 0.2) is 46.7 Å². The number of nitrogens with zero attached hydrogens (tertiary/aromatic N) is 3. The van der Waals surface area contributed by atoms with Crippen molar-refractivity contribution in [3.63, 3.8) is 0 Å². The number of hydrogen-bond donors (Lipinski definition) is 0. The Balaban J connectivity index is 1.42. The summed E-state index contributed by atoms with van der Waals surface area (Å²) >= 11 is 13.5. The molecule has 0 unspecified atom stereocenters. The van der Waals surface area contributed by atoms with Crippen molar-refractivity contribution in [1.29, 1.82) is 0 Å². The highest BCUT2D eigenvalue weighted by atomic mass is 35.5. The number of aromatic nitrogens is 1. The number of piperazine rings is 1. The molecule has 0 saturated carbocycles. The summed E-state index contributed by atoms with van der Waals surface area (Å²) in [5.74, 6) is 0. The maximum Gasteiger partial charge on any atom is 0.243 e. The Morgan fingerprint density at radius 3 is 2.45 bits per heavy atom. The molecule has 2 aromatic carbocycles. The number of anilines is 1. The van der Waals surface area contributed by atoms with Crippen LogP contribution in [0.2, 0.25) is 10.0 Å².